The van der Waals surface area contributed by atoms with E-state index in [2.05, 4.69) is 26.1 Å². The van der Waals surface area contributed by atoms with Crippen molar-refractivity contribution >= 4 is 0 Å². The fourth-order valence-electron chi connectivity index (χ4n) is 2.21. The van der Waals surface area contributed by atoms with Crippen molar-refractivity contribution in [2.24, 2.45) is 5.92 Å². The largest absolute Gasteiger partial charge is 0.467 e. The van der Waals surface area contributed by atoms with Gasteiger partial charge in [-0.25, -0.2) is 0 Å². The van der Waals surface area contributed by atoms with Gasteiger partial charge in [-0.1, -0.05) is 19.3 Å². The SMILES string of the molecule is CC(C)(C)NCc1ccoc1COCCC1CCC1. The second-order valence-corrected chi connectivity index (χ2v) is 6.61. The summed E-state index contributed by atoms with van der Waals surface area (Å²) in [6, 6.07) is 2.03. The normalized spacial score (nSPS) is 16.6. The molecule has 0 bridgehead atoms. The third-order valence-corrected chi connectivity index (χ3v) is 3.78. The lowest BCUT2D eigenvalue weighted by atomic mass is 9.83. The van der Waals surface area contributed by atoms with Gasteiger partial charge in [0.25, 0.3) is 0 Å². The number of hydrogen-bond donors (Lipinski definition) is 1. The van der Waals surface area contributed by atoms with Crippen LogP contribution in [0.15, 0.2) is 16.7 Å². The molecule has 0 aromatic carbocycles. The maximum Gasteiger partial charge on any atom is 0.133 e. The smallest absolute Gasteiger partial charge is 0.133 e. The summed E-state index contributed by atoms with van der Waals surface area (Å²) in [7, 11) is 0. The van der Waals surface area contributed by atoms with E-state index in [4.69, 9.17) is 9.15 Å². The molecule has 0 amide bonds. The van der Waals surface area contributed by atoms with E-state index < -0.39 is 0 Å². The van der Waals surface area contributed by atoms with E-state index in [1.165, 1.54) is 31.2 Å². The predicted molar refractivity (Wildman–Crippen MR) is 76.9 cm³/mol. The second kappa shape index (κ2) is 6.58. The fraction of sp³-hybridized carbons (Fsp3) is 0.750. The van der Waals surface area contributed by atoms with Crippen molar-refractivity contribution in [3.05, 3.63) is 23.7 Å². The first-order valence-electron chi connectivity index (χ1n) is 7.42. The Bertz CT molecular complexity index is 374. The molecule has 0 aliphatic heterocycles. The average Bonchev–Trinajstić information content (AvgIpc) is 2.70. The van der Waals surface area contributed by atoms with Gasteiger partial charge in [0, 0.05) is 24.3 Å². The Morgan fingerprint density at radius 1 is 1.37 bits per heavy atom. The minimum absolute atomic E-state index is 0.125. The summed E-state index contributed by atoms with van der Waals surface area (Å²) in [5.74, 6) is 1.88. The lowest BCUT2D eigenvalue weighted by Crippen LogP contribution is -2.35. The van der Waals surface area contributed by atoms with Gasteiger partial charge in [-0.3, -0.25) is 0 Å². The molecule has 1 aromatic rings. The molecule has 1 N–H and O–H groups in total. The first kappa shape index (κ1) is 14.6. The Balaban J connectivity index is 1.69. The summed E-state index contributed by atoms with van der Waals surface area (Å²) in [4.78, 5) is 0. The highest BCUT2D eigenvalue weighted by Crippen LogP contribution is 2.29. The number of furan rings is 1. The van der Waals surface area contributed by atoms with E-state index >= 15 is 0 Å². The molecule has 0 radical (unpaired) electrons. The zero-order valence-corrected chi connectivity index (χ0v) is 12.5. The van der Waals surface area contributed by atoms with Crippen LogP contribution in [0.25, 0.3) is 0 Å². The first-order chi connectivity index (χ1) is 9.04. The second-order valence-electron chi connectivity index (χ2n) is 6.61. The number of ether oxygens (including phenoxy) is 1. The zero-order valence-electron chi connectivity index (χ0n) is 12.5. The van der Waals surface area contributed by atoms with Crippen LogP contribution < -0.4 is 5.32 Å². The van der Waals surface area contributed by atoms with E-state index in [1.807, 2.05) is 6.07 Å². The van der Waals surface area contributed by atoms with Crippen molar-refractivity contribution in [1.29, 1.82) is 0 Å². The Morgan fingerprint density at radius 3 is 2.79 bits per heavy atom. The minimum atomic E-state index is 0.125. The highest BCUT2D eigenvalue weighted by molar-refractivity contribution is 5.16. The molecule has 3 heteroatoms. The predicted octanol–water partition coefficient (Wildman–Crippen LogP) is 3.87. The third-order valence-electron chi connectivity index (χ3n) is 3.78. The lowest BCUT2D eigenvalue weighted by molar-refractivity contribution is 0.0829. The first-order valence-corrected chi connectivity index (χ1v) is 7.42. The van der Waals surface area contributed by atoms with Gasteiger partial charge in [-0.15, -0.1) is 0 Å². The van der Waals surface area contributed by atoms with Crippen molar-refractivity contribution in [3.63, 3.8) is 0 Å². The van der Waals surface area contributed by atoms with Crippen molar-refractivity contribution < 1.29 is 9.15 Å². The van der Waals surface area contributed by atoms with Crippen molar-refractivity contribution in [1.82, 2.24) is 5.32 Å². The Morgan fingerprint density at radius 2 is 2.16 bits per heavy atom. The van der Waals surface area contributed by atoms with Crippen LogP contribution in [0.3, 0.4) is 0 Å². The maximum absolute atomic E-state index is 5.74. The average molecular weight is 265 g/mol. The van der Waals surface area contributed by atoms with E-state index in [0.29, 0.717) is 6.61 Å². The topological polar surface area (TPSA) is 34.4 Å². The molecule has 0 saturated heterocycles. The van der Waals surface area contributed by atoms with Crippen LogP contribution in [0.4, 0.5) is 0 Å². The Hall–Kier alpha value is -0.800. The molecule has 1 aliphatic carbocycles. The standard InChI is InChI=1S/C16H27NO2/c1-16(2,3)17-11-14-8-10-19-15(14)12-18-9-7-13-5-4-6-13/h8,10,13,17H,4-7,9,11-12H2,1-3H3. The maximum atomic E-state index is 5.74. The summed E-state index contributed by atoms with van der Waals surface area (Å²) in [5, 5.41) is 3.48. The highest BCUT2D eigenvalue weighted by atomic mass is 16.5. The summed E-state index contributed by atoms with van der Waals surface area (Å²) in [6.07, 6.45) is 7.15. The van der Waals surface area contributed by atoms with E-state index in [0.717, 1.165) is 24.8 Å². The number of rotatable bonds is 7. The van der Waals surface area contributed by atoms with Gasteiger partial charge in [0.1, 0.15) is 12.4 Å². The van der Waals surface area contributed by atoms with Gasteiger partial charge in [0.2, 0.25) is 0 Å². The lowest BCUT2D eigenvalue weighted by Gasteiger charge is -2.24. The quantitative estimate of drug-likeness (QED) is 0.760. The van der Waals surface area contributed by atoms with Gasteiger partial charge < -0.3 is 14.5 Å². The Labute approximate surface area is 116 Å². The Kier molecular flexibility index (Phi) is 5.06. The monoisotopic (exact) mass is 265 g/mol. The van der Waals surface area contributed by atoms with Crippen LogP contribution in [0, 0.1) is 5.92 Å². The van der Waals surface area contributed by atoms with Crippen LogP contribution in [-0.2, 0) is 17.9 Å². The minimum Gasteiger partial charge on any atom is -0.467 e. The summed E-state index contributed by atoms with van der Waals surface area (Å²) in [6.45, 7) is 8.80. The molecule has 108 valence electrons. The van der Waals surface area contributed by atoms with E-state index in [9.17, 15) is 0 Å². The fourth-order valence-corrected chi connectivity index (χ4v) is 2.21. The molecular weight excluding hydrogens is 238 g/mol. The molecule has 0 spiro atoms. The van der Waals surface area contributed by atoms with Gasteiger partial charge in [-0.05, 0) is 39.2 Å². The molecular formula is C16H27NO2. The summed E-state index contributed by atoms with van der Waals surface area (Å²) in [5.41, 5.74) is 1.33. The van der Waals surface area contributed by atoms with Crippen LogP contribution in [0.2, 0.25) is 0 Å². The molecule has 0 unspecified atom stereocenters. The van der Waals surface area contributed by atoms with Crippen molar-refractivity contribution in [2.75, 3.05) is 6.61 Å². The molecule has 1 aliphatic rings. The third kappa shape index (κ3) is 5.00. The molecule has 0 atom stereocenters. The van der Waals surface area contributed by atoms with Gasteiger partial charge in [0.05, 0.1) is 6.26 Å². The van der Waals surface area contributed by atoms with Gasteiger partial charge in [-0.2, -0.15) is 0 Å². The molecule has 3 nitrogen and oxygen atoms in total. The molecule has 1 fully saturated rings. The van der Waals surface area contributed by atoms with Crippen LogP contribution in [0.5, 0.6) is 0 Å². The van der Waals surface area contributed by atoms with Crippen LogP contribution in [-0.4, -0.2) is 12.1 Å². The van der Waals surface area contributed by atoms with E-state index in [-0.39, 0.29) is 5.54 Å². The molecule has 19 heavy (non-hydrogen) atoms. The summed E-state index contributed by atoms with van der Waals surface area (Å²) < 4.78 is 11.2. The molecule has 1 aromatic heterocycles. The van der Waals surface area contributed by atoms with Crippen LogP contribution in [0.1, 0.15) is 57.8 Å². The molecule has 1 saturated carbocycles. The zero-order chi connectivity index (χ0) is 13.7. The van der Waals surface area contributed by atoms with Crippen LogP contribution >= 0.6 is 0 Å². The summed E-state index contributed by atoms with van der Waals surface area (Å²) >= 11 is 0. The number of nitrogens with one attached hydrogen (secondary N) is 1. The van der Waals surface area contributed by atoms with Gasteiger partial charge >= 0.3 is 0 Å². The van der Waals surface area contributed by atoms with Crippen molar-refractivity contribution in [3.8, 4) is 0 Å². The molecule has 1 heterocycles. The number of hydrogen-bond acceptors (Lipinski definition) is 3. The van der Waals surface area contributed by atoms with E-state index in [1.54, 1.807) is 6.26 Å². The van der Waals surface area contributed by atoms with Crippen molar-refractivity contribution in [2.45, 2.75) is 65.1 Å². The molecule has 2 rings (SSSR count). The highest BCUT2D eigenvalue weighted by Gasteiger charge is 2.17. The van der Waals surface area contributed by atoms with Gasteiger partial charge in [0.15, 0.2) is 0 Å².